The molecule has 4 atom stereocenters. The second kappa shape index (κ2) is 12.4. The van der Waals surface area contributed by atoms with E-state index >= 15 is 0 Å². The van der Waals surface area contributed by atoms with Gasteiger partial charge in [0.15, 0.2) is 0 Å². The minimum absolute atomic E-state index is 0.0332. The van der Waals surface area contributed by atoms with Crippen LogP contribution in [0, 0.1) is 0 Å². The van der Waals surface area contributed by atoms with Crippen LogP contribution in [0.4, 0.5) is 4.79 Å². The molecule has 0 radical (unpaired) electrons. The van der Waals surface area contributed by atoms with Gasteiger partial charge < -0.3 is 30.1 Å². The first-order valence-corrected chi connectivity index (χ1v) is 12.5. The number of hydrogen-bond donors (Lipinski definition) is 3. The van der Waals surface area contributed by atoms with Crippen molar-refractivity contribution in [3.63, 3.8) is 0 Å². The van der Waals surface area contributed by atoms with Gasteiger partial charge in [-0.15, -0.1) is 0 Å². The number of nitrogens with zero attached hydrogens (tertiary/aromatic N) is 1. The lowest BCUT2D eigenvalue weighted by Gasteiger charge is -2.32. The molecule has 0 bridgehead atoms. The molecule has 2 heterocycles. The van der Waals surface area contributed by atoms with Crippen molar-refractivity contribution in [3.05, 3.63) is 12.2 Å². The molecule has 0 aliphatic carbocycles. The molecule has 4 unspecified atom stereocenters. The van der Waals surface area contributed by atoms with Crippen LogP contribution in [0.2, 0.25) is 0 Å². The molecule has 3 amide bonds. The highest BCUT2D eigenvalue weighted by atomic mass is 16.6. The normalized spacial score (nSPS) is 28.9. The third kappa shape index (κ3) is 8.52. The maximum absolute atomic E-state index is 13.5. The second-order valence-corrected chi connectivity index (χ2v) is 10.5. The Hall–Kier alpha value is -2.62. The molecule has 198 valence electrons. The summed E-state index contributed by atoms with van der Waals surface area (Å²) in [5, 5.41) is 15.7. The molecule has 2 rings (SSSR count). The molecule has 2 aliphatic heterocycles. The number of carbonyl (C=O) groups is 4. The lowest BCUT2D eigenvalue weighted by Crippen LogP contribution is -2.59. The topological polar surface area (TPSA) is 134 Å². The molecule has 1 saturated heterocycles. The Morgan fingerprint density at radius 1 is 1.23 bits per heavy atom. The number of aliphatic hydroxyl groups excluding tert-OH is 1. The fourth-order valence-electron chi connectivity index (χ4n) is 4.27. The number of carbonyl (C=O) groups excluding carboxylic acids is 4. The Morgan fingerprint density at radius 3 is 2.60 bits per heavy atom. The molecular weight excluding hydrogens is 454 g/mol. The van der Waals surface area contributed by atoms with Gasteiger partial charge in [0.1, 0.15) is 23.2 Å². The Kier molecular flexibility index (Phi) is 10.1. The van der Waals surface area contributed by atoms with Gasteiger partial charge in [0.2, 0.25) is 11.8 Å². The van der Waals surface area contributed by atoms with Crippen LogP contribution >= 0.6 is 0 Å². The van der Waals surface area contributed by atoms with Crippen LogP contribution < -0.4 is 10.6 Å². The maximum Gasteiger partial charge on any atom is 0.408 e. The van der Waals surface area contributed by atoms with E-state index in [2.05, 4.69) is 10.6 Å². The number of ether oxygens (including phenoxy) is 2. The summed E-state index contributed by atoms with van der Waals surface area (Å²) < 4.78 is 10.5. The lowest BCUT2D eigenvalue weighted by atomic mass is 9.96. The fraction of sp³-hybridized carbons (Fsp3) is 0.760. The number of alkyl carbamates (subject to hydrolysis) is 1. The van der Waals surface area contributed by atoms with Crippen molar-refractivity contribution >= 4 is 23.9 Å². The third-order valence-corrected chi connectivity index (χ3v) is 6.04. The lowest BCUT2D eigenvalue weighted by molar-refractivity contribution is -0.153. The number of hydrogen-bond acceptors (Lipinski definition) is 7. The highest BCUT2D eigenvalue weighted by molar-refractivity contribution is 5.94. The Labute approximate surface area is 207 Å². The summed E-state index contributed by atoms with van der Waals surface area (Å²) in [6.45, 7) is 8.60. The predicted octanol–water partition coefficient (Wildman–Crippen LogP) is 2.19. The molecule has 3 N–H and O–H groups in total. The van der Waals surface area contributed by atoms with Crippen LogP contribution in [0.3, 0.4) is 0 Å². The number of esters is 1. The molecular formula is C25H41N3O7. The summed E-state index contributed by atoms with van der Waals surface area (Å²) in [6.07, 6.45) is 6.04. The first-order valence-electron chi connectivity index (χ1n) is 12.5. The average Bonchev–Trinajstić information content (AvgIpc) is 3.14. The largest absolute Gasteiger partial charge is 0.464 e. The summed E-state index contributed by atoms with van der Waals surface area (Å²) >= 11 is 0. The third-order valence-electron chi connectivity index (χ3n) is 6.04. The van der Waals surface area contributed by atoms with Crippen LogP contribution in [0.15, 0.2) is 12.2 Å². The van der Waals surface area contributed by atoms with E-state index in [0.29, 0.717) is 12.8 Å². The highest BCUT2D eigenvalue weighted by Gasteiger charge is 2.45. The number of nitrogens with one attached hydrogen (secondary N) is 2. The number of amides is 3. The van der Waals surface area contributed by atoms with Gasteiger partial charge in [-0.1, -0.05) is 25.0 Å². The summed E-state index contributed by atoms with van der Waals surface area (Å²) in [6, 6.07) is -1.88. The number of allylic oxidation sites excluding steroid dienone is 1. The summed E-state index contributed by atoms with van der Waals surface area (Å²) in [4.78, 5) is 53.3. The van der Waals surface area contributed by atoms with Crippen molar-refractivity contribution in [2.24, 2.45) is 0 Å². The second-order valence-electron chi connectivity index (χ2n) is 10.5. The Balaban J connectivity index is 2.32. The molecule has 2 aliphatic rings. The first-order chi connectivity index (χ1) is 16.4. The molecule has 10 heteroatoms. The van der Waals surface area contributed by atoms with E-state index in [1.54, 1.807) is 34.6 Å². The monoisotopic (exact) mass is 495 g/mol. The zero-order valence-electron chi connectivity index (χ0n) is 21.6. The van der Waals surface area contributed by atoms with E-state index in [1.165, 1.54) is 4.90 Å². The average molecular weight is 496 g/mol. The molecule has 10 nitrogen and oxygen atoms in total. The van der Waals surface area contributed by atoms with E-state index in [0.717, 1.165) is 19.3 Å². The first kappa shape index (κ1) is 28.6. The van der Waals surface area contributed by atoms with Crippen molar-refractivity contribution in [2.75, 3.05) is 13.2 Å². The van der Waals surface area contributed by atoms with Gasteiger partial charge in [-0.3, -0.25) is 9.59 Å². The van der Waals surface area contributed by atoms with Gasteiger partial charge in [-0.2, -0.15) is 0 Å². The Bertz CT molecular complexity index is 807. The molecule has 0 aromatic heterocycles. The molecule has 0 saturated carbocycles. The van der Waals surface area contributed by atoms with E-state index in [9.17, 15) is 24.3 Å². The smallest absolute Gasteiger partial charge is 0.408 e. The quantitative estimate of drug-likeness (QED) is 0.404. The number of fused-ring (bicyclic) bond motifs is 1. The van der Waals surface area contributed by atoms with Crippen molar-refractivity contribution in [2.45, 2.75) is 109 Å². The molecule has 0 aromatic rings. The molecule has 35 heavy (non-hydrogen) atoms. The van der Waals surface area contributed by atoms with Crippen molar-refractivity contribution in [1.82, 2.24) is 15.5 Å². The number of aliphatic hydroxyl groups is 1. The van der Waals surface area contributed by atoms with Crippen LogP contribution in [-0.2, 0) is 23.9 Å². The van der Waals surface area contributed by atoms with Gasteiger partial charge in [0.05, 0.1) is 12.7 Å². The summed E-state index contributed by atoms with van der Waals surface area (Å²) in [7, 11) is 0. The van der Waals surface area contributed by atoms with Crippen LogP contribution in [-0.4, -0.2) is 76.4 Å². The zero-order valence-corrected chi connectivity index (χ0v) is 21.6. The van der Waals surface area contributed by atoms with Crippen LogP contribution in [0.5, 0.6) is 0 Å². The van der Waals surface area contributed by atoms with Gasteiger partial charge in [-0.25, -0.2) is 9.59 Å². The van der Waals surface area contributed by atoms with E-state index in [-0.39, 0.29) is 26.0 Å². The number of rotatable bonds is 3. The fourth-order valence-corrected chi connectivity index (χ4v) is 4.27. The molecule has 0 spiro atoms. The van der Waals surface area contributed by atoms with Gasteiger partial charge >= 0.3 is 12.1 Å². The van der Waals surface area contributed by atoms with Crippen molar-refractivity contribution < 1.29 is 33.8 Å². The molecule has 1 fully saturated rings. The summed E-state index contributed by atoms with van der Waals surface area (Å²) in [5.41, 5.74) is -2.05. The van der Waals surface area contributed by atoms with Crippen LogP contribution in [0.25, 0.3) is 0 Å². The maximum atomic E-state index is 13.5. The van der Waals surface area contributed by atoms with Crippen LogP contribution in [0.1, 0.15) is 79.6 Å². The summed E-state index contributed by atoms with van der Waals surface area (Å²) in [5.74, 6) is -1.58. The van der Waals surface area contributed by atoms with Crippen molar-refractivity contribution in [1.29, 1.82) is 0 Å². The zero-order chi connectivity index (χ0) is 26.2. The van der Waals surface area contributed by atoms with E-state index in [4.69, 9.17) is 9.47 Å². The highest BCUT2D eigenvalue weighted by Crippen LogP contribution is 2.24. The van der Waals surface area contributed by atoms with E-state index < -0.39 is 53.2 Å². The Morgan fingerprint density at radius 2 is 1.94 bits per heavy atom. The van der Waals surface area contributed by atoms with Gasteiger partial charge in [-0.05, 0) is 60.3 Å². The molecule has 0 aromatic carbocycles. The standard InChI is InChI=1S/C25H41N3O7/c1-6-34-22(32)25(5)14-12-10-8-7-9-11-13-18(26-23(33)35-24(2,3)4)21(31)28-16-17(29)15-19(28)20(30)27-25/h10,12,17-19,29H,6-9,11,13-16H2,1-5H3,(H,26,33)(H,27,30). The minimum atomic E-state index is -1.32. The van der Waals surface area contributed by atoms with Gasteiger partial charge in [0.25, 0.3) is 0 Å². The van der Waals surface area contributed by atoms with Crippen molar-refractivity contribution in [3.8, 4) is 0 Å². The minimum Gasteiger partial charge on any atom is -0.464 e. The predicted molar refractivity (Wildman–Crippen MR) is 129 cm³/mol. The van der Waals surface area contributed by atoms with Gasteiger partial charge in [0, 0.05) is 13.0 Å². The SMILES string of the molecule is CCOC(=O)C1(C)CC=CCCCCCC(NC(=O)OC(C)(C)C)C(=O)N2CC(O)CC2C(=O)N1. The van der Waals surface area contributed by atoms with E-state index in [1.807, 2.05) is 12.2 Å².